The van der Waals surface area contributed by atoms with Crippen molar-refractivity contribution < 1.29 is 40.3 Å². The molecular formula is C32H40ClF4N5O5S. The number of benzene rings is 1. The molecule has 1 aliphatic carbocycles. The Kier molecular flexibility index (Phi) is 11.2. The van der Waals surface area contributed by atoms with Crippen LogP contribution in [0.15, 0.2) is 36.7 Å². The Balaban J connectivity index is 1.45. The fraction of sp³-hybridized carbons (Fsp3) is 0.594. The molecule has 3 heterocycles. The number of alkyl halides is 3. The first kappa shape index (κ1) is 36.3. The number of pyridine rings is 1. The van der Waals surface area contributed by atoms with Crippen molar-refractivity contribution >= 4 is 33.6 Å². The summed E-state index contributed by atoms with van der Waals surface area (Å²) in [6.45, 7) is 2.40. The van der Waals surface area contributed by atoms with Crippen LogP contribution in [-0.2, 0) is 25.7 Å². The van der Waals surface area contributed by atoms with E-state index in [0.717, 1.165) is 44.7 Å². The topological polar surface area (TPSA) is 130 Å². The van der Waals surface area contributed by atoms with E-state index < -0.39 is 57.6 Å². The number of alkyl carbamates (subject to hydrolysis) is 1. The number of hydrogen-bond donors (Lipinski definition) is 3. The second-order valence-corrected chi connectivity index (χ2v) is 15.2. The molecule has 3 fully saturated rings. The molecule has 8 unspecified atom stereocenters. The maximum absolute atomic E-state index is 14.7. The van der Waals surface area contributed by atoms with Crippen LogP contribution in [0.3, 0.4) is 0 Å². The van der Waals surface area contributed by atoms with E-state index in [1.807, 2.05) is 6.92 Å². The van der Waals surface area contributed by atoms with Crippen molar-refractivity contribution in [1.82, 2.24) is 25.2 Å². The molecule has 2 aliphatic heterocycles. The lowest BCUT2D eigenvalue weighted by Crippen LogP contribution is -2.65. The van der Waals surface area contributed by atoms with Gasteiger partial charge < -0.3 is 20.7 Å². The van der Waals surface area contributed by atoms with Gasteiger partial charge in [-0.2, -0.15) is 17.5 Å². The molecule has 3 aliphatic rings. The largest absolute Gasteiger partial charge is 0.453 e. The van der Waals surface area contributed by atoms with Crippen molar-refractivity contribution in [1.29, 1.82) is 0 Å². The SMILES string of the molecule is CCC1C(C2CCCC(NC(=O)C(NC(=O)OC)C(c3cncc(C(F)(F)F)c3)c3ccc(Cl)c(F)c3)C2)NC2CCCS(=O)(=O)N1C2. The van der Waals surface area contributed by atoms with Gasteiger partial charge in [-0.3, -0.25) is 9.78 Å². The highest BCUT2D eigenvalue weighted by molar-refractivity contribution is 7.89. The number of carbonyl (C=O) groups is 2. The third-order valence-electron chi connectivity index (χ3n) is 9.74. The van der Waals surface area contributed by atoms with Gasteiger partial charge in [-0.15, -0.1) is 0 Å². The molecule has 1 aromatic carbocycles. The summed E-state index contributed by atoms with van der Waals surface area (Å²) in [5.74, 6) is -2.77. The molecule has 2 aromatic rings. The van der Waals surface area contributed by atoms with Crippen LogP contribution in [0.25, 0.3) is 0 Å². The van der Waals surface area contributed by atoms with Crippen LogP contribution in [0.2, 0.25) is 5.02 Å². The van der Waals surface area contributed by atoms with E-state index in [1.54, 1.807) is 4.31 Å². The van der Waals surface area contributed by atoms with Gasteiger partial charge in [0.15, 0.2) is 0 Å². The van der Waals surface area contributed by atoms with Crippen molar-refractivity contribution in [2.24, 2.45) is 5.92 Å². The number of amides is 2. The Morgan fingerprint density at radius 2 is 1.92 bits per heavy atom. The molecule has 48 heavy (non-hydrogen) atoms. The highest BCUT2D eigenvalue weighted by atomic mass is 35.5. The molecule has 0 spiro atoms. The molecule has 5 rings (SSSR count). The molecule has 1 aromatic heterocycles. The minimum absolute atomic E-state index is 0.0217. The fourth-order valence-corrected chi connectivity index (χ4v) is 9.51. The third-order valence-corrected chi connectivity index (χ3v) is 12.0. The van der Waals surface area contributed by atoms with Crippen LogP contribution in [-0.4, -0.2) is 79.3 Å². The smallest absolute Gasteiger partial charge is 0.417 e. The summed E-state index contributed by atoms with van der Waals surface area (Å²) in [4.78, 5) is 30.4. The van der Waals surface area contributed by atoms with Crippen LogP contribution in [0, 0.1) is 11.7 Å². The third kappa shape index (κ3) is 8.06. The van der Waals surface area contributed by atoms with Crippen molar-refractivity contribution in [3.63, 3.8) is 0 Å². The molecule has 264 valence electrons. The van der Waals surface area contributed by atoms with Gasteiger partial charge in [0.05, 0.1) is 23.4 Å². The number of halogens is 5. The lowest BCUT2D eigenvalue weighted by Gasteiger charge is -2.48. The number of fused-ring (bicyclic) bond motifs is 2. The highest BCUT2D eigenvalue weighted by Crippen LogP contribution is 2.37. The predicted octanol–water partition coefficient (Wildman–Crippen LogP) is 4.97. The van der Waals surface area contributed by atoms with Crippen LogP contribution in [0.4, 0.5) is 22.4 Å². The molecule has 16 heteroatoms. The number of piperazine rings is 1. The van der Waals surface area contributed by atoms with Crippen LogP contribution in [0.5, 0.6) is 0 Å². The summed E-state index contributed by atoms with van der Waals surface area (Å²) in [5, 5.41) is 8.92. The van der Waals surface area contributed by atoms with Crippen LogP contribution >= 0.6 is 11.6 Å². The summed E-state index contributed by atoms with van der Waals surface area (Å²) in [7, 11) is -2.32. The first-order valence-electron chi connectivity index (χ1n) is 16.1. The van der Waals surface area contributed by atoms with Gasteiger partial charge in [0.2, 0.25) is 15.9 Å². The lowest BCUT2D eigenvalue weighted by molar-refractivity contribution is -0.137. The van der Waals surface area contributed by atoms with Crippen molar-refractivity contribution in [2.75, 3.05) is 19.4 Å². The van der Waals surface area contributed by atoms with Gasteiger partial charge in [-0.05, 0) is 73.8 Å². The minimum atomic E-state index is -4.76. The number of hydrogen-bond acceptors (Lipinski definition) is 7. The predicted molar refractivity (Wildman–Crippen MR) is 170 cm³/mol. The quantitative estimate of drug-likeness (QED) is 0.329. The number of rotatable bonds is 8. The van der Waals surface area contributed by atoms with E-state index in [4.69, 9.17) is 16.3 Å². The number of nitrogens with zero attached hydrogens (tertiary/aromatic N) is 2. The van der Waals surface area contributed by atoms with Gasteiger partial charge in [-0.25, -0.2) is 17.6 Å². The zero-order valence-electron chi connectivity index (χ0n) is 26.6. The number of sulfonamides is 1. The average Bonchev–Trinajstić information content (AvgIpc) is 3.16. The van der Waals surface area contributed by atoms with Gasteiger partial charge in [-0.1, -0.05) is 31.0 Å². The fourth-order valence-electron chi connectivity index (χ4n) is 7.53. The van der Waals surface area contributed by atoms with E-state index in [9.17, 15) is 35.6 Å². The minimum Gasteiger partial charge on any atom is -0.453 e. The summed E-state index contributed by atoms with van der Waals surface area (Å²) < 4.78 is 88.6. The molecule has 3 N–H and O–H groups in total. The first-order valence-corrected chi connectivity index (χ1v) is 18.1. The highest BCUT2D eigenvalue weighted by Gasteiger charge is 2.46. The molecule has 2 amide bonds. The normalized spacial score (nSPS) is 28.4. The van der Waals surface area contributed by atoms with E-state index in [1.165, 1.54) is 12.1 Å². The number of nitrogens with one attached hydrogen (secondary N) is 3. The molecule has 0 radical (unpaired) electrons. The second kappa shape index (κ2) is 14.9. The van der Waals surface area contributed by atoms with Gasteiger partial charge >= 0.3 is 12.3 Å². The van der Waals surface area contributed by atoms with Gasteiger partial charge in [0.1, 0.15) is 11.9 Å². The first-order chi connectivity index (χ1) is 22.7. The number of methoxy groups -OCH3 is 1. The molecule has 1 saturated carbocycles. The lowest BCUT2D eigenvalue weighted by atomic mass is 9.76. The van der Waals surface area contributed by atoms with E-state index in [0.29, 0.717) is 38.4 Å². The van der Waals surface area contributed by atoms with E-state index >= 15 is 0 Å². The Bertz CT molecular complexity index is 1600. The number of carbonyl (C=O) groups excluding carboxylic acids is 2. The Morgan fingerprint density at radius 3 is 2.60 bits per heavy atom. The van der Waals surface area contributed by atoms with Gasteiger partial charge in [0.25, 0.3) is 0 Å². The average molecular weight is 718 g/mol. The summed E-state index contributed by atoms with van der Waals surface area (Å²) in [5.41, 5.74) is -1.11. The van der Waals surface area contributed by atoms with Crippen molar-refractivity contribution in [2.45, 2.75) is 94.2 Å². The monoisotopic (exact) mass is 717 g/mol. The van der Waals surface area contributed by atoms with Crippen LogP contribution in [0.1, 0.15) is 74.5 Å². The van der Waals surface area contributed by atoms with Crippen LogP contribution < -0.4 is 16.0 Å². The van der Waals surface area contributed by atoms with Crippen molar-refractivity contribution in [3.05, 3.63) is 64.2 Å². The molecule has 8 atom stereocenters. The molecule has 2 saturated heterocycles. The maximum atomic E-state index is 14.7. The summed E-state index contributed by atoms with van der Waals surface area (Å²) in [6.07, 6.45) is 0.571. The van der Waals surface area contributed by atoms with Gasteiger partial charge in [0, 0.05) is 49.0 Å². The molecule has 2 bridgehead atoms. The summed E-state index contributed by atoms with van der Waals surface area (Å²) >= 11 is 5.90. The van der Waals surface area contributed by atoms with E-state index in [2.05, 4.69) is 20.9 Å². The molecular weight excluding hydrogens is 678 g/mol. The maximum Gasteiger partial charge on any atom is 0.417 e. The van der Waals surface area contributed by atoms with E-state index in [-0.39, 0.29) is 45.9 Å². The Hall–Kier alpha value is -3.01. The Labute approximate surface area is 282 Å². The zero-order valence-corrected chi connectivity index (χ0v) is 28.2. The Morgan fingerprint density at radius 1 is 1.15 bits per heavy atom. The zero-order chi connectivity index (χ0) is 34.8. The standard InChI is InChI=1S/C32H40ClF4N5O5S/c1-3-26-28(39-23-8-5-11-48(45,46)42(26)17-23)19-6-4-7-22(13-19)40-30(43)29(41-31(44)47-2)27(18-9-10-24(33)25(34)14-18)20-12-21(16-38-15-20)32(35,36)37/h9-10,12,14-16,19,22-23,26-29,39H,3-8,11,13,17H2,1-2H3,(H,40,43)(H,41,44). The number of aromatic nitrogens is 1. The second-order valence-electron chi connectivity index (χ2n) is 12.8. The summed E-state index contributed by atoms with van der Waals surface area (Å²) in [6, 6.07) is 2.12. The number of ether oxygens (including phenoxy) is 1. The van der Waals surface area contributed by atoms with Crippen molar-refractivity contribution in [3.8, 4) is 0 Å². The molecule has 10 nitrogen and oxygen atoms in total.